The molecule has 0 N–H and O–H groups in total. The number of hydrogen-bond acceptors (Lipinski definition) is 3. The summed E-state index contributed by atoms with van der Waals surface area (Å²) in [5.74, 6) is 0.0470. The van der Waals surface area contributed by atoms with Crippen molar-refractivity contribution in [2.75, 3.05) is 0 Å². The molecule has 0 saturated carbocycles. The Hall–Kier alpha value is -3.27. The van der Waals surface area contributed by atoms with E-state index in [9.17, 15) is 4.79 Å². The molecule has 4 nitrogen and oxygen atoms in total. The van der Waals surface area contributed by atoms with E-state index in [2.05, 4.69) is 22.3 Å². The van der Waals surface area contributed by atoms with Gasteiger partial charge < -0.3 is 4.57 Å². The van der Waals surface area contributed by atoms with E-state index >= 15 is 0 Å². The molecule has 4 heteroatoms. The van der Waals surface area contributed by atoms with E-state index < -0.39 is 0 Å². The molecule has 3 aromatic rings. The van der Waals surface area contributed by atoms with Crippen LogP contribution in [0.25, 0.3) is 10.9 Å². The molecule has 122 valence electrons. The molecular weight excluding hydrogens is 310 g/mol. The van der Waals surface area contributed by atoms with Crippen molar-refractivity contribution < 1.29 is 4.79 Å². The number of benzene rings is 2. The fourth-order valence-electron chi connectivity index (χ4n) is 3.09. The zero-order valence-corrected chi connectivity index (χ0v) is 14.1. The van der Waals surface area contributed by atoms with Crippen molar-refractivity contribution in [3.8, 4) is 0 Å². The number of aryl methyl sites for hydroxylation is 1. The first-order chi connectivity index (χ1) is 12.1. The Kier molecular flexibility index (Phi) is 3.65. The molecule has 25 heavy (non-hydrogen) atoms. The largest absolute Gasteiger partial charge is 0.327 e. The number of para-hydroxylation sites is 1. The summed E-state index contributed by atoms with van der Waals surface area (Å²) >= 11 is 0. The van der Waals surface area contributed by atoms with Crippen molar-refractivity contribution in [1.29, 1.82) is 0 Å². The lowest BCUT2D eigenvalue weighted by atomic mass is 9.90. The number of aromatic nitrogens is 1. The predicted octanol–water partition coefficient (Wildman–Crippen LogP) is 3.63. The maximum absolute atomic E-state index is 12.3. The van der Waals surface area contributed by atoms with E-state index in [0.29, 0.717) is 16.8 Å². The summed E-state index contributed by atoms with van der Waals surface area (Å²) in [5.41, 5.74) is 4.74. The van der Waals surface area contributed by atoms with Gasteiger partial charge in [-0.25, -0.2) is 0 Å². The van der Waals surface area contributed by atoms with Gasteiger partial charge >= 0.3 is 0 Å². The summed E-state index contributed by atoms with van der Waals surface area (Å²) in [5, 5.41) is 10.0. The molecule has 4 rings (SSSR count). The van der Waals surface area contributed by atoms with Crippen LogP contribution in [0.5, 0.6) is 0 Å². The molecule has 0 saturated heterocycles. The van der Waals surface area contributed by atoms with Gasteiger partial charge in [-0.15, -0.1) is 10.2 Å². The summed E-state index contributed by atoms with van der Waals surface area (Å²) in [7, 11) is 1.97. The highest BCUT2D eigenvalue weighted by Crippen LogP contribution is 2.21. The van der Waals surface area contributed by atoms with Gasteiger partial charge in [0.1, 0.15) is 0 Å². The van der Waals surface area contributed by atoms with E-state index in [1.54, 1.807) is 6.08 Å². The van der Waals surface area contributed by atoms with Crippen molar-refractivity contribution >= 4 is 22.4 Å². The minimum atomic E-state index is 0.0470. The first-order valence-corrected chi connectivity index (χ1v) is 8.14. The second-order valence-electron chi connectivity index (χ2n) is 6.10. The van der Waals surface area contributed by atoms with Crippen LogP contribution in [-0.4, -0.2) is 16.1 Å². The summed E-state index contributed by atoms with van der Waals surface area (Å²) in [6.07, 6.45) is 1.80. The number of nitrogens with zero attached hydrogens (tertiary/aromatic N) is 3. The van der Waals surface area contributed by atoms with Gasteiger partial charge in [0.25, 0.3) is 0 Å². The molecule has 0 atom stereocenters. The fourth-order valence-corrected chi connectivity index (χ4v) is 3.09. The first-order valence-electron chi connectivity index (χ1n) is 8.14. The lowest BCUT2D eigenvalue weighted by Crippen LogP contribution is -2.18. The molecule has 1 aromatic heterocycles. The van der Waals surface area contributed by atoms with E-state index in [1.165, 1.54) is 0 Å². The summed E-state index contributed by atoms with van der Waals surface area (Å²) in [4.78, 5) is 12.3. The van der Waals surface area contributed by atoms with Gasteiger partial charge in [-0.3, -0.25) is 4.79 Å². The third-order valence-corrected chi connectivity index (χ3v) is 4.47. The van der Waals surface area contributed by atoms with Crippen LogP contribution in [0.4, 0.5) is 0 Å². The number of ketones is 1. The Morgan fingerprint density at radius 2 is 1.56 bits per heavy atom. The standard InChI is InChI=1S/C21H17N3O/c1-14-13-18(16-8-4-5-9-17(16)21(14)25)22-23-20-12-11-15-7-3-6-10-19(15)24(20)2/h3-13H,1-2H3/b22-18+,23-20+. The van der Waals surface area contributed by atoms with Crippen molar-refractivity contribution in [2.24, 2.45) is 17.3 Å². The number of hydrogen-bond donors (Lipinski definition) is 0. The number of carbonyl (C=O) groups excluding carboxylic acids is 1. The van der Waals surface area contributed by atoms with E-state index in [-0.39, 0.29) is 5.78 Å². The number of rotatable bonds is 1. The zero-order chi connectivity index (χ0) is 17.4. The number of carbonyl (C=O) groups is 1. The van der Waals surface area contributed by atoms with Crippen LogP contribution in [0.3, 0.4) is 0 Å². The van der Waals surface area contributed by atoms with Crippen LogP contribution >= 0.6 is 0 Å². The highest BCUT2D eigenvalue weighted by atomic mass is 16.1. The summed E-state index contributed by atoms with van der Waals surface area (Å²) < 4.78 is 2.01. The molecule has 0 amide bonds. The molecule has 0 unspecified atom stereocenters. The molecule has 0 bridgehead atoms. The number of fused-ring (bicyclic) bond motifs is 2. The van der Waals surface area contributed by atoms with Gasteiger partial charge in [0.15, 0.2) is 11.3 Å². The monoisotopic (exact) mass is 327 g/mol. The molecule has 0 fully saturated rings. The molecular formula is C21H17N3O. The van der Waals surface area contributed by atoms with Crippen LogP contribution in [0.1, 0.15) is 22.8 Å². The maximum atomic E-state index is 12.3. The Bertz CT molecular complexity index is 1130. The quantitative estimate of drug-likeness (QED) is 0.630. The SMILES string of the molecule is CC1=C/C(=N\N=c2/ccc3ccccc3n2C)c2ccccc2C1=O. The van der Waals surface area contributed by atoms with Gasteiger partial charge in [0, 0.05) is 23.7 Å². The predicted molar refractivity (Wildman–Crippen MR) is 99.5 cm³/mol. The van der Waals surface area contributed by atoms with Crippen LogP contribution in [-0.2, 0) is 7.05 Å². The number of pyridine rings is 1. The normalized spacial score (nSPS) is 16.2. The van der Waals surface area contributed by atoms with Gasteiger partial charge in [0.05, 0.1) is 5.71 Å². The second-order valence-corrected chi connectivity index (χ2v) is 6.10. The third-order valence-electron chi connectivity index (χ3n) is 4.47. The Balaban J connectivity index is 1.88. The highest BCUT2D eigenvalue weighted by molar-refractivity contribution is 6.25. The maximum Gasteiger partial charge on any atom is 0.189 e. The fraction of sp³-hybridized carbons (Fsp3) is 0.0952. The molecule has 0 aliphatic heterocycles. The number of Topliss-reactive ketones (excluding diaryl/α,β-unsaturated/α-hetero) is 1. The molecule has 1 aliphatic rings. The molecule has 0 radical (unpaired) electrons. The van der Waals surface area contributed by atoms with Crippen molar-refractivity contribution in [1.82, 2.24) is 4.57 Å². The van der Waals surface area contributed by atoms with Gasteiger partial charge in [0.2, 0.25) is 0 Å². The Morgan fingerprint density at radius 1 is 0.840 bits per heavy atom. The smallest absolute Gasteiger partial charge is 0.189 e. The van der Waals surface area contributed by atoms with Crippen molar-refractivity contribution in [2.45, 2.75) is 6.92 Å². The molecule has 1 heterocycles. The third kappa shape index (κ3) is 2.62. The van der Waals surface area contributed by atoms with E-state index in [1.807, 2.05) is 67.1 Å². The van der Waals surface area contributed by atoms with Gasteiger partial charge in [-0.05, 0) is 42.2 Å². The zero-order valence-electron chi connectivity index (χ0n) is 14.1. The van der Waals surface area contributed by atoms with Gasteiger partial charge in [-0.1, -0.05) is 42.5 Å². The minimum absolute atomic E-state index is 0.0470. The second kappa shape index (κ2) is 5.98. The lowest BCUT2D eigenvalue weighted by Gasteiger charge is -2.14. The number of allylic oxidation sites excluding steroid dienone is 2. The topological polar surface area (TPSA) is 46.7 Å². The summed E-state index contributed by atoms with van der Waals surface area (Å²) in [6.45, 7) is 1.81. The van der Waals surface area contributed by atoms with Crippen LogP contribution in [0.15, 0.2) is 82.5 Å². The van der Waals surface area contributed by atoms with Crippen LogP contribution < -0.4 is 5.49 Å². The molecule has 0 spiro atoms. The lowest BCUT2D eigenvalue weighted by molar-refractivity contribution is 0.103. The Labute approximate surface area is 145 Å². The van der Waals surface area contributed by atoms with E-state index in [0.717, 1.165) is 22.0 Å². The average Bonchev–Trinajstić information content (AvgIpc) is 2.65. The first kappa shape index (κ1) is 15.3. The minimum Gasteiger partial charge on any atom is -0.327 e. The van der Waals surface area contributed by atoms with Crippen molar-refractivity contribution in [3.05, 3.63) is 88.9 Å². The van der Waals surface area contributed by atoms with Crippen LogP contribution in [0.2, 0.25) is 0 Å². The Morgan fingerprint density at radius 3 is 2.40 bits per heavy atom. The van der Waals surface area contributed by atoms with Crippen molar-refractivity contribution in [3.63, 3.8) is 0 Å². The average molecular weight is 327 g/mol. The van der Waals surface area contributed by atoms with Crippen LogP contribution in [0, 0.1) is 0 Å². The highest BCUT2D eigenvalue weighted by Gasteiger charge is 2.21. The van der Waals surface area contributed by atoms with E-state index in [4.69, 9.17) is 0 Å². The molecule has 1 aliphatic carbocycles. The molecule has 2 aromatic carbocycles. The van der Waals surface area contributed by atoms with Gasteiger partial charge in [-0.2, -0.15) is 0 Å². The summed E-state index contributed by atoms with van der Waals surface area (Å²) in [6, 6.07) is 19.6.